The van der Waals surface area contributed by atoms with Crippen molar-refractivity contribution in [2.24, 2.45) is 0 Å². The normalized spacial score (nSPS) is 14.4. The van der Waals surface area contributed by atoms with Gasteiger partial charge in [0.15, 0.2) is 5.13 Å². The van der Waals surface area contributed by atoms with Gasteiger partial charge < -0.3 is 10.1 Å². The Kier molecular flexibility index (Phi) is 4.39. The minimum Gasteiger partial charge on any atom is -0.460 e. The van der Waals surface area contributed by atoms with Gasteiger partial charge >= 0.3 is 12.0 Å². The highest BCUT2D eigenvalue weighted by Gasteiger charge is 2.24. The van der Waals surface area contributed by atoms with Gasteiger partial charge in [0, 0.05) is 23.5 Å². The van der Waals surface area contributed by atoms with E-state index >= 15 is 0 Å². The first-order valence-corrected chi connectivity index (χ1v) is 6.80. The second kappa shape index (κ2) is 6.03. The summed E-state index contributed by atoms with van der Waals surface area (Å²) in [5, 5.41) is 5.27. The molecule has 1 aliphatic rings. The Morgan fingerprint density at radius 1 is 1.68 bits per heavy atom. The van der Waals surface area contributed by atoms with Crippen molar-refractivity contribution in [3.05, 3.63) is 22.7 Å². The predicted molar refractivity (Wildman–Crippen MR) is 72.5 cm³/mol. The quantitative estimate of drug-likeness (QED) is 0.837. The number of aromatic nitrogens is 1. The molecule has 6 nitrogen and oxygen atoms in total. The number of halogens is 1. The monoisotopic (exact) mass is 301 g/mol. The molecule has 8 heteroatoms. The minimum atomic E-state index is -0.426. The molecule has 0 radical (unpaired) electrons. The summed E-state index contributed by atoms with van der Waals surface area (Å²) in [7, 11) is 0. The lowest BCUT2D eigenvalue weighted by Gasteiger charge is -2.08. The SMILES string of the molecule is C=C(Cl)COC(=O)Cc1csc(N2CCNC2=O)n1. The van der Waals surface area contributed by atoms with E-state index in [0.717, 1.165) is 0 Å². The van der Waals surface area contributed by atoms with Crippen LogP contribution in [0.25, 0.3) is 0 Å². The summed E-state index contributed by atoms with van der Waals surface area (Å²) in [6.07, 6.45) is 0.0517. The molecular formula is C11H12ClN3O3S. The first kappa shape index (κ1) is 13.8. The van der Waals surface area contributed by atoms with Gasteiger partial charge in [0.05, 0.1) is 12.1 Å². The zero-order valence-electron chi connectivity index (χ0n) is 10.0. The molecule has 0 saturated carbocycles. The van der Waals surface area contributed by atoms with Crippen LogP contribution in [0.1, 0.15) is 5.69 Å². The summed E-state index contributed by atoms with van der Waals surface area (Å²) in [5.74, 6) is -0.426. The average Bonchev–Trinajstić information content (AvgIpc) is 2.95. The van der Waals surface area contributed by atoms with Crippen molar-refractivity contribution in [2.45, 2.75) is 6.42 Å². The number of ether oxygens (including phenoxy) is 1. The van der Waals surface area contributed by atoms with E-state index in [1.54, 1.807) is 10.3 Å². The van der Waals surface area contributed by atoms with Crippen molar-refractivity contribution >= 4 is 40.1 Å². The van der Waals surface area contributed by atoms with E-state index < -0.39 is 5.97 Å². The number of thiazole rings is 1. The largest absolute Gasteiger partial charge is 0.460 e. The molecule has 1 saturated heterocycles. The van der Waals surface area contributed by atoms with Crippen LogP contribution in [0, 0.1) is 0 Å². The summed E-state index contributed by atoms with van der Waals surface area (Å²) < 4.78 is 4.86. The van der Waals surface area contributed by atoms with Gasteiger partial charge in [-0.1, -0.05) is 18.2 Å². The molecular weight excluding hydrogens is 290 g/mol. The number of nitrogens with zero attached hydrogens (tertiary/aromatic N) is 2. The standard InChI is InChI=1S/C11H12ClN3O3S/c1-7(12)5-18-9(16)4-8-6-19-11(14-8)15-3-2-13-10(15)17/h6H,1-5H2,(H,13,17). The lowest BCUT2D eigenvalue weighted by atomic mass is 10.3. The molecule has 2 rings (SSSR count). The van der Waals surface area contributed by atoms with Gasteiger partial charge in [-0.05, 0) is 0 Å². The zero-order valence-corrected chi connectivity index (χ0v) is 11.6. The van der Waals surface area contributed by atoms with Gasteiger partial charge in [0.2, 0.25) is 0 Å². The Bertz CT molecular complexity index is 517. The first-order valence-electron chi connectivity index (χ1n) is 5.55. The van der Waals surface area contributed by atoms with Crippen LogP contribution in [-0.2, 0) is 16.0 Å². The molecule has 1 aromatic heterocycles. The lowest BCUT2D eigenvalue weighted by molar-refractivity contribution is -0.141. The third kappa shape index (κ3) is 3.68. The highest BCUT2D eigenvalue weighted by Crippen LogP contribution is 2.22. The van der Waals surface area contributed by atoms with E-state index in [2.05, 4.69) is 16.9 Å². The molecule has 0 aromatic carbocycles. The van der Waals surface area contributed by atoms with Gasteiger partial charge in [-0.25, -0.2) is 9.78 Å². The Labute approximate surface area is 119 Å². The molecule has 102 valence electrons. The third-order valence-electron chi connectivity index (χ3n) is 2.34. The number of carbonyl (C=O) groups excluding carboxylic acids is 2. The molecule has 0 atom stereocenters. The van der Waals surface area contributed by atoms with Crippen molar-refractivity contribution in [3.8, 4) is 0 Å². The van der Waals surface area contributed by atoms with E-state index in [1.807, 2.05) is 0 Å². The summed E-state index contributed by atoms with van der Waals surface area (Å²) in [4.78, 5) is 28.7. The number of rotatable bonds is 5. The number of hydrogen-bond donors (Lipinski definition) is 1. The van der Waals surface area contributed by atoms with Gasteiger partial charge in [-0.15, -0.1) is 11.3 Å². The van der Waals surface area contributed by atoms with E-state index in [1.165, 1.54) is 11.3 Å². The van der Waals surface area contributed by atoms with Crippen LogP contribution in [0.5, 0.6) is 0 Å². The fraction of sp³-hybridized carbons (Fsp3) is 0.364. The molecule has 1 N–H and O–H groups in total. The molecule has 1 fully saturated rings. The molecule has 0 spiro atoms. The van der Waals surface area contributed by atoms with Crippen molar-refractivity contribution in [2.75, 3.05) is 24.6 Å². The first-order chi connectivity index (χ1) is 9.06. The van der Waals surface area contributed by atoms with Crippen LogP contribution in [0.4, 0.5) is 9.93 Å². The van der Waals surface area contributed by atoms with Crippen molar-refractivity contribution in [1.82, 2.24) is 10.3 Å². The topological polar surface area (TPSA) is 71.5 Å². The summed E-state index contributed by atoms with van der Waals surface area (Å²) in [5.41, 5.74) is 0.574. The Morgan fingerprint density at radius 2 is 2.47 bits per heavy atom. The van der Waals surface area contributed by atoms with Crippen LogP contribution in [0.15, 0.2) is 17.0 Å². The van der Waals surface area contributed by atoms with Crippen molar-refractivity contribution in [3.63, 3.8) is 0 Å². The van der Waals surface area contributed by atoms with E-state index in [-0.39, 0.29) is 24.1 Å². The molecule has 2 amide bonds. The van der Waals surface area contributed by atoms with E-state index in [9.17, 15) is 9.59 Å². The molecule has 0 unspecified atom stereocenters. The van der Waals surface area contributed by atoms with Crippen LogP contribution in [-0.4, -0.2) is 36.7 Å². The molecule has 2 heterocycles. The zero-order chi connectivity index (χ0) is 13.8. The molecule has 0 aliphatic carbocycles. The van der Waals surface area contributed by atoms with Crippen LogP contribution in [0.3, 0.4) is 0 Å². The average molecular weight is 302 g/mol. The highest BCUT2D eigenvalue weighted by molar-refractivity contribution is 7.14. The summed E-state index contributed by atoms with van der Waals surface area (Å²) in [6.45, 7) is 4.60. The number of urea groups is 1. The fourth-order valence-electron chi connectivity index (χ4n) is 1.51. The second-order valence-electron chi connectivity index (χ2n) is 3.86. The summed E-state index contributed by atoms with van der Waals surface area (Å²) in [6, 6.07) is -0.165. The fourth-order valence-corrected chi connectivity index (χ4v) is 2.42. The predicted octanol–water partition coefficient (Wildman–Crippen LogP) is 1.51. The van der Waals surface area contributed by atoms with Crippen LogP contribution >= 0.6 is 22.9 Å². The molecule has 1 aliphatic heterocycles. The highest BCUT2D eigenvalue weighted by atomic mass is 35.5. The Hall–Kier alpha value is -1.60. The Morgan fingerprint density at radius 3 is 3.11 bits per heavy atom. The van der Waals surface area contributed by atoms with Crippen LogP contribution in [0.2, 0.25) is 0 Å². The maximum absolute atomic E-state index is 11.5. The van der Waals surface area contributed by atoms with Gasteiger partial charge in [-0.2, -0.15) is 0 Å². The van der Waals surface area contributed by atoms with Crippen molar-refractivity contribution in [1.29, 1.82) is 0 Å². The maximum atomic E-state index is 11.5. The van der Waals surface area contributed by atoms with E-state index in [4.69, 9.17) is 16.3 Å². The number of hydrogen-bond acceptors (Lipinski definition) is 5. The Balaban J connectivity index is 1.92. The number of nitrogens with one attached hydrogen (secondary N) is 1. The van der Waals surface area contributed by atoms with Crippen LogP contribution < -0.4 is 10.2 Å². The maximum Gasteiger partial charge on any atom is 0.323 e. The minimum absolute atomic E-state index is 0.00802. The molecule has 1 aromatic rings. The molecule has 19 heavy (non-hydrogen) atoms. The number of amides is 2. The number of esters is 1. The van der Waals surface area contributed by atoms with Crippen molar-refractivity contribution < 1.29 is 14.3 Å². The van der Waals surface area contributed by atoms with Gasteiger partial charge in [0.1, 0.15) is 6.61 Å². The smallest absolute Gasteiger partial charge is 0.323 e. The van der Waals surface area contributed by atoms with E-state index in [0.29, 0.717) is 23.9 Å². The van der Waals surface area contributed by atoms with Gasteiger partial charge in [0.25, 0.3) is 0 Å². The molecule has 0 bridgehead atoms. The third-order valence-corrected chi connectivity index (χ3v) is 3.36. The number of anilines is 1. The second-order valence-corrected chi connectivity index (χ2v) is 5.23. The lowest BCUT2D eigenvalue weighted by Crippen LogP contribution is -2.27. The number of carbonyl (C=O) groups is 2. The van der Waals surface area contributed by atoms with Gasteiger partial charge in [-0.3, -0.25) is 9.69 Å². The summed E-state index contributed by atoms with van der Waals surface area (Å²) >= 11 is 6.81.